The van der Waals surface area contributed by atoms with Gasteiger partial charge < -0.3 is 5.73 Å². The molecular formula is C8H9FN2S. The Morgan fingerprint density at radius 3 is 2.50 bits per heavy atom. The molecule has 0 saturated carbocycles. The number of benzene rings is 1. The van der Waals surface area contributed by atoms with E-state index in [0.29, 0.717) is 5.12 Å². The van der Waals surface area contributed by atoms with Crippen molar-refractivity contribution in [2.45, 2.75) is 6.54 Å². The molecule has 0 amide bonds. The van der Waals surface area contributed by atoms with Gasteiger partial charge in [-0.05, 0) is 17.8 Å². The van der Waals surface area contributed by atoms with E-state index in [-0.39, 0.29) is 11.7 Å². The fourth-order valence-corrected chi connectivity index (χ4v) is 0.886. The van der Waals surface area contributed by atoms with E-state index in [1.54, 1.807) is 0 Å². The van der Waals surface area contributed by atoms with Gasteiger partial charge in [0.15, 0.2) is 5.11 Å². The number of nitrogens with two attached hydrogens (primary N) is 1. The van der Waals surface area contributed by atoms with Crippen molar-refractivity contribution in [1.82, 2.24) is 5.12 Å². The zero-order valence-corrected chi connectivity index (χ0v) is 7.22. The molecule has 1 aromatic carbocycles. The summed E-state index contributed by atoms with van der Waals surface area (Å²) in [5, 5.41) is 0.101. The second kappa shape index (κ2) is 4.01. The number of halogens is 1. The summed E-state index contributed by atoms with van der Waals surface area (Å²) in [4.78, 5) is 0. The normalized spacial score (nSPS) is 9.42. The lowest BCUT2D eigenvalue weighted by Crippen LogP contribution is -2.27. The highest BCUT2D eigenvalue weighted by Crippen LogP contribution is 2.03. The highest BCUT2D eigenvalue weighted by atomic mass is 32.1. The smallest absolute Gasteiger partial charge is 0.195 e. The predicted molar refractivity (Wildman–Crippen MR) is 49.9 cm³/mol. The average Bonchev–Trinajstić information content (AvgIpc) is 2.06. The van der Waals surface area contributed by atoms with Crippen LogP contribution in [0, 0.1) is 0 Å². The zero-order valence-electron chi connectivity index (χ0n) is 6.40. The Bertz CT molecular complexity index is 263. The number of hydrogen-bond donors (Lipinski definition) is 1. The van der Waals surface area contributed by atoms with Crippen molar-refractivity contribution >= 4 is 17.3 Å². The van der Waals surface area contributed by atoms with E-state index in [1.165, 1.54) is 0 Å². The fraction of sp³-hybridized carbons (Fsp3) is 0.125. The summed E-state index contributed by atoms with van der Waals surface area (Å²) in [6, 6.07) is 9.16. The number of rotatable bonds is 2. The molecule has 2 nitrogen and oxygen atoms in total. The van der Waals surface area contributed by atoms with Crippen molar-refractivity contribution in [1.29, 1.82) is 0 Å². The molecule has 0 spiro atoms. The van der Waals surface area contributed by atoms with Gasteiger partial charge in [-0.1, -0.05) is 34.8 Å². The molecule has 0 atom stereocenters. The molecule has 0 aliphatic rings. The Hall–Kier alpha value is -1.16. The van der Waals surface area contributed by atoms with Crippen LogP contribution in [0.25, 0.3) is 0 Å². The first-order chi connectivity index (χ1) is 5.70. The van der Waals surface area contributed by atoms with Gasteiger partial charge in [-0.25, -0.2) is 0 Å². The van der Waals surface area contributed by atoms with Gasteiger partial charge in [0.2, 0.25) is 0 Å². The minimum Gasteiger partial charge on any atom is -0.374 e. The summed E-state index contributed by atoms with van der Waals surface area (Å²) in [5.41, 5.74) is 5.91. The van der Waals surface area contributed by atoms with Crippen LogP contribution in [0.2, 0.25) is 0 Å². The first-order valence-electron chi connectivity index (χ1n) is 3.47. The maximum absolute atomic E-state index is 12.8. The summed E-state index contributed by atoms with van der Waals surface area (Å²) in [5.74, 6) is 0. The van der Waals surface area contributed by atoms with Crippen LogP contribution in [0.15, 0.2) is 30.3 Å². The maximum Gasteiger partial charge on any atom is 0.195 e. The van der Waals surface area contributed by atoms with Gasteiger partial charge >= 0.3 is 0 Å². The monoisotopic (exact) mass is 184 g/mol. The Morgan fingerprint density at radius 1 is 1.42 bits per heavy atom. The Kier molecular flexibility index (Phi) is 2.99. The van der Waals surface area contributed by atoms with Crippen LogP contribution in [0.1, 0.15) is 5.56 Å². The summed E-state index contributed by atoms with van der Waals surface area (Å²) < 4.78 is 12.8. The van der Waals surface area contributed by atoms with Crippen LogP contribution in [-0.4, -0.2) is 10.2 Å². The van der Waals surface area contributed by atoms with E-state index in [2.05, 4.69) is 12.2 Å². The molecule has 12 heavy (non-hydrogen) atoms. The molecule has 2 N–H and O–H groups in total. The van der Waals surface area contributed by atoms with Crippen molar-refractivity contribution in [3.8, 4) is 0 Å². The molecule has 4 heteroatoms. The van der Waals surface area contributed by atoms with Gasteiger partial charge in [0.05, 0.1) is 6.54 Å². The van der Waals surface area contributed by atoms with E-state index < -0.39 is 0 Å². The summed E-state index contributed by atoms with van der Waals surface area (Å²) in [6.07, 6.45) is 0. The SMILES string of the molecule is NC(=S)N(F)Cc1ccccc1. The molecule has 0 saturated heterocycles. The lowest BCUT2D eigenvalue weighted by molar-refractivity contribution is 0.114. The molecule has 0 aliphatic carbocycles. The number of nitrogens with zero attached hydrogens (tertiary/aromatic N) is 1. The quantitative estimate of drug-likeness (QED) is 0.559. The van der Waals surface area contributed by atoms with Crippen LogP contribution < -0.4 is 5.73 Å². The van der Waals surface area contributed by atoms with E-state index >= 15 is 0 Å². The molecule has 0 bridgehead atoms. The van der Waals surface area contributed by atoms with Crippen molar-refractivity contribution in [3.63, 3.8) is 0 Å². The first-order valence-corrected chi connectivity index (χ1v) is 3.87. The minimum absolute atomic E-state index is 0.107. The predicted octanol–water partition coefficient (Wildman–Crippen LogP) is 1.62. The third-order valence-electron chi connectivity index (χ3n) is 1.40. The molecule has 1 rings (SSSR count). The standard InChI is InChI=1S/C8H9FN2S/c9-11(8(10)12)6-7-4-2-1-3-5-7/h1-5H,6H2,(H2,10,12). The number of thiocarbonyl (C=S) groups is 1. The van der Waals surface area contributed by atoms with Gasteiger partial charge in [-0.3, -0.25) is 0 Å². The van der Waals surface area contributed by atoms with Crippen LogP contribution in [-0.2, 0) is 6.54 Å². The highest BCUT2D eigenvalue weighted by Gasteiger charge is 2.03. The molecule has 0 heterocycles. The van der Waals surface area contributed by atoms with E-state index in [1.807, 2.05) is 30.3 Å². The second-order valence-electron chi connectivity index (χ2n) is 2.34. The summed E-state index contributed by atoms with van der Waals surface area (Å²) in [6.45, 7) is 0.107. The molecule has 64 valence electrons. The van der Waals surface area contributed by atoms with Gasteiger partial charge in [-0.2, -0.15) is 5.12 Å². The summed E-state index contributed by atoms with van der Waals surface area (Å²) in [7, 11) is 0. The Morgan fingerprint density at radius 2 is 2.00 bits per heavy atom. The zero-order chi connectivity index (χ0) is 8.97. The van der Waals surface area contributed by atoms with Gasteiger partial charge in [0.1, 0.15) is 0 Å². The third kappa shape index (κ3) is 2.47. The van der Waals surface area contributed by atoms with Crippen LogP contribution in [0.4, 0.5) is 4.48 Å². The fourth-order valence-electron chi connectivity index (χ4n) is 0.822. The van der Waals surface area contributed by atoms with Crippen molar-refractivity contribution in [2.75, 3.05) is 0 Å². The van der Waals surface area contributed by atoms with E-state index in [0.717, 1.165) is 5.56 Å². The number of hydrogen-bond acceptors (Lipinski definition) is 1. The maximum atomic E-state index is 12.8. The molecule has 0 unspecified atom stereocenters. The van der Waals surface area contributed by atoms with Crippen LogP contribution in [0.5, 0.6) is 0 Å². The van der Waals surface area contributed by atoms with Gasteiger partial charge in [0.25, 0.3) is 0 Å². The lowest BCUT2D eigenvalue weighted by Gasteiger charge is -2.10. The lowest BCUT2D eigenvalue weighted by atomic mass is 10.2. The topological polar surface area (TPSA) is 29.3 Å². The molecule has 0 aliphatic heterocycles. The largest absolute Gasteiger partial charge is 0.374 e. The second-order valence-corrected chi connectivity index (χ2v) is 2.76. The van der Waals surface area contributed by atoms with Crippen molar-refractivity contribution in [2.24, 2.45) is 5.73 Å². The Labute approximate surface area is 75.7 Å². The summed E-state index contributed by atoms with van der Waals surface area (Å²) >= 11 is 4.45. The van der Waals surface area contributed by atoms with E-state index in [9.17, 15) is 4.48 Å². The Balaban J connectivity index is 2.58. The molecule has 0 fully saturated rings. The molecule has 0 aromatic heterocycles. The molecule has 1 aromatic rings. The third-order valence-corrected chi connectivity index (χ3v) is 1.60. The molecular weight excluding hydrogens is 175 g/mol. The first kappa shape index (κ1) is 8.93. The van der Waals surface area contributed by atoms with Crippen molar-refractivity contribution < 1.29 is 4.48 Å². The molecule has 0 radical (unpaired) electrons. The minimum atomic E-state index is -0.237. The highest BCUT2D eigenvalue weighted by molar-refractivity contribution is 7.80. The van der Waals surface area contributed by atoms with Gasteiger partial charge in [0, 0.05) is 0 Å². The van der Waals surface area contributed by atoms with Crippen LogP contribution in [0.3, 0.4) is 0 Å². The van der Waals surface area contributed by atoms with E-state index in [4.69, 9.17) is 5.73 Å². The van der Waals surface area contributed by atoms with Crippen molar-refractivity contribution in [3.05, 3.63) is 35.9 Å². The average molecular weight is 184 g/mol. The van der Waals surface area contributed by atoms with Gasteiger partial charge in [-0.15, -0.1) is 0 Å². The van der Waals surface area contributed by atoms with Crippen LogP contribution >= 0.6 is 12.2 Å².